The van der Waals surface area contributed by atoms with Gasteiger partial charge in [-0.1, -0.05) is 74.5 Å². The fourth-order valence-electron chi connectivity index (χ4n) is 8.12. The maximum absolute atomic E-state index is 13.3. The van der Waals surface area contributed by atoms with Gasteiger partial charge < -0.3 is 14.7 Å². The Morgan fingerprint density at radius 2 is 1.80 bits per heavy atom. The van der Waals surface area contributed by atoms with Gasteiger partial charge in [0.25, 0.3) is 0 Å². The zero-order chi connectivity index (χ0) is 33.6. The first-order valence-corrected chi connectivity index (χ1v) is 18.6. The minimum atomic E-state index is -0.106. The van der Waals surface area contributed by atoms with Crippen LogP contribution < -0.4 is 0 Å². The average molecular weight is 632 g/mol. The maximum Gasteiger partial charge on any atom is 0.140 e. The quantitative estimate of drug-likeness (QED) is 0.0876. The van der Waals surface area contributed by atoms with E-state index in [1.165, 1.54) is 29.7 Å². The second-order valence-electron chi connectivity index (χ2n) is 15.3. The predicted molar refractivity (Wildman–Crippen MR) is 196 cm³/mol. The highest BCUT2D eigenvalue weighted by Crippen LogP contribution is 2.38. The van der Waals surface area contributed by atoms with E-state index < -0.39 is 0 Å². The van der Waals surface area contributed by atoms with Gasteiger partial charge in [-0.25, -0.2) is 0 Å². The highest BCUT2D eigenvalue weighted by molar-refractivity contribution is 6.12. The fraction of sp³-hybridized carbons (Fsp3) is 0.732. The molecule has 1 saturated carbocycles. The first kappa shape index (κ1) is 38.6. The highest BCUT2D eigenvalue weighted by Gasteiger charge is 2.34. The SMILES string of the molecule is [B]C1C[C@@H](C)[C@H](CC(=C)N2CCCC2C=C)O[C@@H]1CCCC/C(C)=C/[C@@H](CC=C)C(=O)CC[C@@H](C)C/C(C)=C/C1CCC(O)CC1. The zero-order valence-electron chi connectivity index (χ0n) is 29.9. The molecule has 0 aromatic heterocycles. The Morgan fingerprint density at radius 1 is 1.07 bits per heavy atom. The third kappa shape index (κ3) is 12.6. The first-order chi connectivity index (χ1) is 22.0. The van der Waals surface area contributed by atoms with E-state index in [1.54, 1.807) is 0 Å². The van der Waals surface area contributed by atoms with Crippen LogP contribution in [0.15, 0.2) is 60.9 Å². The molecule has 3 rings (SSSR count). The number of hydrogen-bond donors (Lipinski definition) is 1. The van der Waals surface area contributed by atoms with Crippen LogP contribution in [0.25, 0.3) is 0 Å². The van der Waals surface area contributed by atoms with Crippen molar-refractivity contribution >= 4 is 13.6 Å². The van der Waals surface area contributed by atoms with Crippen molar-refractivity contribution in [2.45, 2.75) is 161 Å². The minimum absolute atomic E-state index is 0.0725. The van der Waals surface area contributed by atoms with Crippen molar-refractivity contribution in [1.82, 2.24) is 4.90 Å². The van der Waals surface area contributed by atoms with E-state index in [0.717, 1.165) is 83.6 Å². The van der Waals surface area contributed by atoms with Crippen LogP contribution in [0.5, 0.6) is 0 Å². The Balaban J connectivity index is 1.40. The van der Waals surface area contributed by atoms with E-state index in [0.29, 0.717) is 42.4 Å². The molecule has 0 spiro atoms. The molecule has 2 heterocycles. The Labute approximate surface area is 284 Å². The van der Waals surface area contributed by atoms with Gasteiger partial charge in [-0.05, 0) is 109 Å². The van der Waals surface area contributed by atoms with Gasteiger partial charge in [0.15, 0.2) is 0 Å². The van der Waals surface area contributed by atoms with E-state index in [-0.39, 0.29) is 30.0 Å². The van der Waals surface area contributed by atoms with E-state index in [2.05, 4.69) is 70.6 Å². The van der Waals surface area contributed by atoms with Crippen molar-refractivity contribution in [2.24, 2.45) is 23.7 Å². The summed E-state index contributed by atoms with van der Waals surface area (Å²) in [6, 6.07) is 0.408. The average Bonchev–Trinajstić information content (AvgIpc) is 3.50. The van der Waals surface area contributed by atoms with Crippen molar-refractivity contribution in [3.05, 3.63) is 60.9 Å². The molecule has 2 saturated heterocycles. The second kappa shape index (κ2) is 19.9. The molecule has 0 amide bonds. The molecule has 7 atom stereocenters. The van der Waals surface area contributed by atoms with Gasteiger partial charge in [-0.2, -0.15) is 0 Å². The summed E-state index contributed by atoms with van der Waals surface area (Å²) in [6.07, 6.45) is 24.4. The lowest BCUT2D eigenvalue weighted by molar-refractivity contribution is -0.121. The normalized spacial score (nSPS) is 30.5. The first-order valence-electron chi connectivity index (χ1n) is 18.6. The lowest BCUT2D eigenvalue weighted by Gasteiger charge is -2.41. The summed E-state index contributed by atoms with van der Waals surface area (Å²) < 4.78 is 6.64. The van der Waals surface area contributed by atoms with E-state index in [4.69, 9.17) is 12.6 Å². The lowest BCUT2D eigenvalue weighted by Crippen LogP contribution is -2.39. The number of carbonyl (C=O) groups excluding carboxylic acids is 1. The van der Waals surface area contributed by atoms with Crippen molar-refractivity contribution in [2.75, 3.05) is 6.54 Å². The van der Waals surface area contributed by atoms with E-state index in [1.807, 2.05) is 6.08 Å². The molecular formula is C41H66BNO3. The number of ether oxygens (including phenoxy) is 1. The number of carbonyl (C=O) groups is 1. The van der Waals surface area contributed by atoms with Crippen molar-refractivity contribution in [3.8, 4) is 0 Å². The summed E-state index contributed by atoms with van der Waals surface area (Å²) >= 11 is 0. The highest BCUT2D eigenvalue weighted by atomic mass is 16.5. The van der Waals surface area contributed by atoms with E-state index >= 15 is 0 Å². The maximum atomic E-state index is 13.3. The molecule has 3 aliphatic rings. The molecule has 0 aromatic carbocycles. The molecule has 3 fully saturated rings. The van der Waals surface area contributed by atoms with Gasteiger partial charge in [0.05, 0.1) is 26.2 Å². The number of likely N-dealkylation sites (tertiary alicyclic amines) is 1. The zero-order valence-corrected chi connectivity index (χ0v) is 29.9. The summed E-state index contributed by atoms with van der Waals surface area (Å²) in [5.74, 6) is 1.87. The summed E-state index contributed by atoms with van der Waals surface area (Å²) in [6.45, 7) is 22.4. The molecule has 2 unspecified atom stereocenters. The summed E-state index contributed by atoms with van der Waals surface area (Å²) in [4.78, 5) is 15.7. The van der Waals surface area contributed by atoms with Crippen molar-refractivity contribution in [3.63, 3.8) is 0 Å². The van der Waals surface area contributed by atoms with Crippen molar-refractivity contribution < 1.29 is 14.6 Å². The van der Waals surface area contributed by atoms with Gasteiger partial charge in [0.2, 0.25) is 0 Å². The predicted octanol–water partition coefficient (Wildman–Crippen LogP) is 9.86. The van der Waals surface area contributed by atoms with Gasteiger partial charge >= 0.3 is 0 Å². The van der Waals surface area contributed by atoms with Gasteiger partial charge in [0, 0.05) is 37.0 Å². The smallest absolute Gasteiger partial charge is 0.140 e. The molecule has 0 aromatic rings. The Hall–Kier alpha value is -1.85. The molecule has 5 heteroatoms. The molecular weight excluding hydrogens is 565 g/mol. The van der Waals surface area contributed by atoms with Crippen LogP contribution in [-0.2, 0) is 9.53 Å². The molecule has 1 N–H and O–H groups in total. The Bertz CT molecular complexity index is 1040. The van der Waals surface area contributed by atoms with Crippen LogP contribution in [-0.4, -0.2) is 54.5 Å². The summed E-state index contributed by atoms with van der Waals surface area (Å²) in [5, 5.41) is 9.78. The van der Waals surface area contributed by atoms with Gasteiger partial charge in [0.1, 0.15) is 5.78 Å². The lowest BCUT2D eigenvalue weighted by atomic mass is 9.71. The summed E-state index contributed by atoms with van der Waals surface area (Å²) in [5.41, 5.74) is 3.90. The number of unbranched alkanes of at least 4 members (excludes halogenated alkanes) is 1. The molecule has 2 radical (unpaired) electrons. The van der Waals surface area contributed by atoms with Crippen LogP contribution in [0.4, 0.5) is 0 Å². The number of rotatable bonds is 19. The minimum Gasteiger partial charge on any atom is -0.393 e. The monoisotopic (exact) mass is 632 g/mol. The number of ketones is 1. The summed E-state index contributed by atoms with van der Waals surface area (Å²) in [7, 11) is 6.58. The molecule has 4 nitrogen and oxygen atoms in total. The largest absolute Gasteiger partial charge is 0.393 e. The van der Waals surface area contributed by atoms with Crippen LogP contribution in [0.1, 0.15) is 130 Å². The number of Topliss-reactive ketones (excluding diaryl/α,β-unsaturated/α-hetero) is 1. The van der Waals surface area contributed by atoms with Gasteiger partial charge in [-0.3, -0.25) is 4.79 Å². The third-order valence-electron chi connectivity index (χ3n) is 11.0. The molecule has 256 valence electrons. The fourth-order valence-corrected chi connectivity index (χ4v) is 8.12. The third-order valence-corrected chi connectivity index (χ3v) is 11.0. The Kier molecular flexibility index (Phi) is 16.7. The topological polar surface area (TPSA) is 49.8 Å². The second-order valence-corrected chi connectivity index (χ2v) is 15.3. The van der Waals surface area contributed by atoms with Crippen molar-refractivity contribution in [1.29, 1.82) is 0 Å². The number of hydrogen-bond acceptors (Lipinski definition) is 4. The van der Waals surface area contributed by atoms with Crippen LogP contribution in [0.2, 0.25) is 5.82 Å². The number of aliphatic hydroxyl groups excluding tert-OH is 1. The van der Waals surface area contributed by atoms with Crippen LogP contribution >= 0.6 is 0 Å². The molecule has 46 heavy (non-hydrogen) atoms. The number of aliphatic hydroxyl groups is 1. The molecule has 0 bridgehead atoms. The molecule has 1 aliphatic carbocycles. The number of allylic oxidation sites excluding steroid dienone is 5. The van der Waals surface area contributed by atoms with E-state index in [9.17, 15) is 9.90 Å². The van der Waals surface area contributed by atoms with Crippen LogP contribution in [0, 0.1) is 23.7 Å². The Morgan fingerprint density at radius 3 is 2.50 bits per heavy atom. The molecule has 2 aliphatic heterocycles. The van der Waals surface area contributed by atoms with Crippen LogP contribution in [0.3, 0.4) is 0 Å². The van der Waals surface area contributed by atoms with Gasteiger partial charge in [-0.15, -0.1) is 13.2 Å². The number of nitrogens with zero attached hydrogens (tertiary/aromatic N) is 1. The standard InChI is InChI=1S/C41H66BNO3/c1-8-13-35(39(45)22-17-30(4)24-31(5)25-34-18-20-37(44)21-19-34)26-29(3)14-10-11-16-40-38(42)27-32(6)41(46-40)28-33(7)43-23-12-15-36(43)9-2/h8-9,25-26,30,32,34-38,40-41,44H,1-2,7,10-24,27-28H2,3-6H3/b29-26+,31-25+/t30-,32-,34?,35-,36?,37?,38?,40-,41+/m1/s1.